The molecule has 3 aliphatic rings. The van der Waals surface area contributed by atoms with E-state index in [9.17, 15) is 19.2 Å². The van der Waals surface area contributed by atoms with E-state index in [0.717, 1.165) is 29.3 Å². The second-order valence-electron chi connectivity index (χ2n) is 8.76. The fourth-order valence-corrected chi connectivity index (χ4v) is 6.31. The van der Waals surface area contributed by atoms with Gasteiger partial charge in [-0.05, 0) is 61.4 Å². The Morgan fingerprint density at radius 2 is 1.52 bits per heavy atom. The molecule has 4 atom stereocenters. The van der Waals surface area contributed by atoms with Gasteiger partial charge in [0, 0.05) is 10.6 Å². The molecule has 2 saturated carbocycles. The zero-order valence-electron chi connectivity index (χ0n) is 17.3. The highest BCUT2D eigenvalue weighted by molar-refractivity contribution is 6.37. The zero-order chi connectivity index (χ0) is 23.4. The van der Waals surface area contributed by atoms with Crippen molar-refractivity contribution in [3.8, 4) is 0 Å². The molecule has 0 aromatic heterocycles. The predicted octanol–water partition coefficient (Wildman–Crippen LogP) is 4.92. The van der Waals surface area contributed by atoms with E-state index in [1.54, 1.807) is 12.1 Å². The highest BCUT2D eigenvalue weighted by Crippen LogP contribution is 2.56. The molecule has 0 spiro atoms. The van der Waals surface area contributed by atoms with Gasteiger partial charge in [0.15, 0.2) is 5.78 Å². The van der Waals surface area contributed by atoms with Gasteiger partial charge >= 0.3 is 0 Å². The topological polar surface area (TPSA) is 74.8 Å². The number of amides is 3. The Kier molecular flexibility index (Phi) is 5.71. The van der Waals surface area contributed by atoms with Crippen LogP contribution in [0, 0.1) is 23.7 Å². The fourth-order valence-electron chi connectivity index (χ4n) is 5.57. The van der Waals surface area contributed by atoms with Gasteiger partial charge < -0.3 is 0 Å². The largest absolute Gasteiger partial charge is 0.292 e. The van der Waals surface area contributed by atoms with E-state index in [4.69, 9.17) is 34.8 Å². The Balaban J connectivity index is 1.52. The maximum atomic E-state index is 13.5. The first-order valence-corrected chi connectivity index (χ1v) is 11.8. The number of hydrazine groups is 1. The Bertz CT molecular complexity index is 1170. The molecule has 170 valence electrons. The van der Waals surface area contributed by atoms with Crippen LogP contribution in [0.15, 0.2) is 42.5 Å². The summed E-state index contributed by atoms with van der Waals surface area (Å²) >= 11 is 18.4. The minimum Gasteiger partial charge on any atom is -0.292 e. The summed E-state index contributed by atoms with van der Waals surface area (Å²) in [4.78, 5) is 53.5. The third kappa shape index (κ3) is 3.65. The molecule has 0 radical (unpaired) electrons. The number of imide groups is 1. The maximum absolute atomic E-state index is 13.5. The first-order chi connectivity index (χ1) is 15.8. The average Bonchev–Trinajstić information content (AvgIpc) is 3.46. The van der Waals surface area contributed by atoms with Crippen molar-refractivity contribution in [3.63, 3.8) is 0 Å². The molecule has 1 heterocycles. The number of benzene rings is 2. The molecular weight excluding hydrogens is 487 g/mol. The molecule has 1 saturated heterocycles. The molecule has 2 bridgehead atoms. The van der Waals surface area contributed by atoms with Gasteiger partial charge in [-0.15, -0.1) is 0 Å². The molecule has 2 aliphatic carbocycles. The van der Waals surface area contributed by atoms with Crippen molar-refractivity contribution in [2.45, 2.75) is 19.3 Å². The van der Waals surface area contributed by atoms with Crippen LogP contribution in [0.3, 0.4) is 0 Å². The molecule has 5 rings (SSSR count). The lowest BCUT2D eigenvalue weighted by Crippen LogP contribution is -2.52. The molecule has 9 heteroatoms. The number of nitrogens with zero attached hydrogens (tertiary/aromatic N) is 2. The van der Waals surface area contributed by atoms with Crippen molar-refractivity contribution < 1.29 is 19.2 Å². The smallest absolute Gasteiger partial charge is 0.274 e. The lowest BCUT2D eigenvalue weighted by Gasteiger charge is -2.31. The molecular formula is C24H19Cl3N2O4. The van der Waals surface area contributed by atoms with E-state index >= 15 is 0 Å². The van der Waals surface area contributed by atoms with Gasteiger partial charge in [-0.3, -0.25) is 19.2 Å². The van der Waals surface area contributed by atoms with Crippen molar-refractivity contribution in [1.29, 1.82) is 0 Å². The molecule has 2 aromatic carbocycles. The van der Waals surface area contributed by atoms with E-state index in [-0.39, 0.29) is 33.0 Å². The van der Waals surface area contributed by atoms with Crippen molar-refractivity contribution in [3.05, 3.63) is 68.7 Å². The predicted molar refractivity (Wildman–Crippen MR) is 123 cm³/mol. The highest BCUT2D eigenvalue weighted by atomic mass is 35.5. The minimum absolute atomic E-state index is 0.0924. The summed E-state index contributed by atoms with van der Waals surface area (Å²) in [6.45, 7) is -0.544. The normalized spacial score (nSPS) is 25.5. The van der Waals surface area contributed by atoms with Crippen molar-refractivity contribution in [2.24, 2.45) is 23.7 Å². The molecule has 3 amide bonds. The van der Waals surface area contributed by atoms with Crippen molar-refractivity contribution in [2.75, 3.05) is 6.54 Å². The van der Waals surface area contributed by atoms with E-state index in [1.165, 1.54) is 30.3 Å². The average molecular weight is 506 g/mol. The second-order valence-corrected chi connectivity index (χ2v) is 10.0. The molecule has 3 fully saturated rings. The van der Waals surface area contributed by atoms with Crippen LogP contribution < -0.4 is 0 Å². The van der Waals surface area contributed by atoms with Crippen LogP contribution in [0.4, 0.5) is 0 Å². The summed E-state index contributed by atoms with van der Waals surface area (Å²) < 4.78 is 0. The third-order valence-electron chi connectivity index (χ3n) is 7.01. The summed E-state index contributed by atoms with van der Waals surface area (Å²) in [6.07, 6.45) is 2.66. The van der Waals surface area contributed by atoms with Crippen LogP contribution in [0.1, 0.15) is 40.0 Å². The van der Waals surface area contributed by atoms with E-state index in [1.807, 2.05) is 0 Å². The number of hydrogen-bond acceptors (Lipinski definition) is 4. The van der Waals surface area contributed by atoms with Crippen molar-refractivity contribution >= 4 is 58.3 Å². The summed E-state index contributed by atoms with van der Waals surface area (Å²) in [6, 6.07) is 10.7. The van der Waals surface area contributed by atoms with Crippen LogP contribution >= 0.6 is 34.8 Å². The SMILES string of the molecule is O=C(CN(C(=O)c1ccccc1Cl)N1C(=O)[C@@H]2[C@H]3CC[C@@H](C3)[C@@H]2C1=O)c1ccc(Cl)cc1Cl. The van der Waals surface area contributed by atoms with Gasteiger partial charge in [0.05, 0.1) is 27.4 Å². The quantitative estimate of drug-likeness (QED) is 0.427. The Morgan fingerprint density at radius 3 is 2.12 bits per heavy atom. The van der Waals surface area contributed by atoms with Crippen LogP contribution in [-0.2, 0) is 9.59 Å². The van der Waals surface area contributed by atoms with Crippen LogP contribution in [-0.4, -0.2) is 40.1 Å². The first-order valence-electron chi connectivity index (χ1n) is 10.7. The number of fused-ring (bicyclic) bond motifs is 5. The number of Topliss-reactive ketones (excluding diaryl/α,β-unsaturated/α-hetero) is 1. The number of carbonyl (C=O) groups is 4. The van der Waals surface area contributed by atoms with E-state index in [0.29, 0.717) is 5.02 Å². The first kappa shape index (κ1) is 22.4. The molecule has 0 unspecified atom stereocenters. The standard InChI is InChI=1S/C24H19Cl3N2O4/c25-14-7-8-15(18(27)10-14)19(30)11-28(22(31)16-3-1-2-4-17(16)26)29-23(32)20-12-5-6-13(9-12)21(20)24(29)33/h1-4,7-8,10,12-13,20-21H,5-6,9,11H2/t12-,13-,20-,21+/m0/s1. The van der Waals surface area contributed by atoms with Crippen LogP contribution in [0.25, 0.3) is 0 Å². The van der Waals surface area contributed by atoms with E-state index in [2.05, 4.69) is 0 Å². The van der Waals surface area contributed by atoms with Gasteiger partial charge in [0.1, 0.15) is 6.54 Å². The number of carbonyl (C=O) groups excluding carboxylic acids is 4. The zero-order valence-corrected chi connectivity index (χ0v) is 19.6. The minimum atomic E-state index is -0.701. The molecule has 1 aliphatic heterocycles. The monoisotopic (exact) mass is 504 g/mol. The summed E-state index contributed by atoms with van der Waals surface area (Å²) in [5, 5.41) is 2.44. The summed E-state index contributed by atoms with van der Waals surface area (Å²) in [5.41, 5.74) is 0.229. The Hall–Kier alpha value is -2.41. The summed E-state index contributed by atoms with van der Waals surface area (Å²) in [7, 11) is 0. The van der Waals surface area contributed by atoms with Gasteiger partial charge in [-0.1, -0.05) is 46.9 Å². The summed E-state index contributed by atoms with van der Waals surface area (Å²) in [5.74, 6) is -2.68. The fraction of sp³-hybridized carbons (Fsp3) is 0.333. The molecule has 33 heavy (non-hydrogen) atoms. The third-order valence-corrected chi connectivity index (χ3v) is 7.89. The number of hydrogen-bond donors (Lipinski definition) is 0. The van der Waals surface area contributed by atoms with Crippen LogP contribution in [0.5, 0.6) is 0 Å². The Labute approximate surface area is 205 Å². The van der Waals surface area contributed by atoms with Crippen LogP contribution in [0.2, 0.25) is 15.1 Å². The number of halogens is 3. The van der Waals surface area contributed by atoms with Crippen molar-refractivity contribution in [1.82, 2.24) is 10.0 Å². The molecule has 6 nitrogen and oxygen atoms in total. The number of rotatable bonds is 5. The lowest BCUT2D eigenvalue weighted by atomic mass is 9.81. The highest BCUT2D eigenvalue weighted by Gasteiger charge is 2.62. The lowest BCUT2D eigenvalue weighted by molar-refractivity contribution is -0.154. The van der Waals surface area contributed by atoms with E-state index < -0.39 is 41.9 Å². The van der Waals surface area contributed by atoms with Gasteiger partial charge in [0.25, 0.3) is 17.7 Å². The second kappa shape index (κ2) is 8.42. The number of ketones is 1. The maximum Gasteiger partial charge on any atom is 0.274 e. The van der Waals surface area contributed by atoms with Gasteiger partial charge in [-0.2, -0.15) is 5.01 Å². The van der Waals surface area contributed by atoms with Gasteiger partial charge in [-0.25, -0.2) is 5.01 Å². The molecule has 0 N–H and O–H groups in total. The Morgan fingerprint density at radius 1 is 0.879 bits per heavy atom. The van der Waals surface area contributed by atoms with Gasteiger partial charge in [0.2, 0.25) is 0 Å². The molecule has 2 aromatic rings.